The fraction of sp³-hybridized carbons (Fsp3) is 0.333. The number of aryl methyl sites for hydroxylation is 3. The molecule has 0 aliphatic heterocycles. The van der Waals surface area contributed by atoms with Crippen LogP contribution >= 0.6 is 0 Å². The molecule has 10 nitrogen and oxygen atoms in total. The summed E-state index contributed by atoms with van der Waals surface area (Å²) in [5.74, 6) is 0.997. The summed E-state index contributed by atoms with van der Waals surface area (Å²) in [6, 6.07) is 7.12. The van der Waals surface area contributed by atoms with Gasteiger partial charge in [-0.05, 0) is 32.9 Å². The highest BCUT2D eigenvalue weighted by Gasteiger charge is 2.30. The van der Waals surface area contributed by atoms with Crippen LogP contribution in [0.2, 0.25) is 0 Å². The molecule has 29 heavy (non-hydrogen) atoms. The second-order valence-electron chi connectivity index (χ2n) is 6.73. The molecule has 0 N–H and O–H groups in total. The van der Waals surface area contributed by atoms with Gasteiger partial charge in [0.2, 0.25) is 15.8 Å². The van der Waals surface area contributed by atoms with Crippen molar-refractivity contribution < 1.29 is 12.9 Å². The van der Waals surface area contributed by atoms with Gasteiger partial charge in [-0.3, -0.25) is 13.8 Å². The van der Waals surface area contributed by atoms with E-state index in [0.29, 0.717) is 34.7 Å². The molecule has 0 atom stereocenters. The maximum atomic E-state index is 13.1. The molecule has 3 heterocycles. The van der Waals surface area contributed by atoms with Gasteiger partial charge >= 0.3 is 0 Å². The molecule has 4 aromatic rings. The lowest BCUT2D eigenvalue weighted by molar-refractivity contribution is 0.389. The Hall–Kier alpha value is -3.05. The molecule has 0 fully saturated rings. The van der Waals surface area contributed by atoms with Gasteiger partial charge in [-0.1, -0.05) is 17.3 Å². The van der Waals surface area contributed by atoms with Crippen LogP contribution in [0.3, 0.4) is 0 Å². The zero-order valence-electron chi connectivity index (χ0n) is 16.4. The van der Waals surface area contributed by atoms with Gasteiger partial charge in [0.1, 0.15) is 10.6 Å². The number of para-hydroxylation sites is 1. The molecule has 0 amide bonds. The van der Waals surface area contributed by atoms with E-state index in [2.05, 4.69) is 15.4 Å². The van der Waals surface area contributed by atoms with Crippen molar-refractivity contribution in [2.75, 3.05) is 7.05 Å². The fourth-order valence-corrected chi connectivity index (χ4v) is 4.89. The van der Waals surface area contributed by atoms with E-state index in [0.717, 1.165) is 0 Å². The molecule has 11 heteroatoms. The number of nitrogens with zero attached hydrogens (tertiary/aromatic N) is 6. The Bertz CT molecular complexity index is 1380. The summed E-state index contributed by atoms with van der Waals surface area (Å²) in [5.41, 5.74) is 0.761. The number of rotatable bonds is 5. The monoisotopic (exact) mass is 416 g/mol. The normalized spacial score (nSPS) is 12.4. The SMILES string of the molecule is CCn1c(=O)c2ccccc2n2c(CN(C)S(=O)(=O)c3c(C)noc3C)nnc12. The Balaban J connectivity index is 1.88. The number of fused-ring (bicyclic) bond motifs is 3. The van der Waals surface area contributed by atoms with Crippen LogP contribution in [0.25, 0.3) is 16.7 Å². The molecule has 4 rings (SSSR count). The summed E-state index contributed by atoms with van der Waals surface area (Å²) in [4.78, 5) is 12.8. The molecule has 3 aromatic heterocycles. The van der Waals surface area contributed by atoms with E-state index in [-0.39, 0.29) is 22.8 Å². The van der Waals surface area contributed by atoms with Crippen LogP contribution in [-0.2, 0) is 23.1 Å². The Labute approximate surface area is 166 Å². The molecular formula is C18H20N6O4S. The highest BCUT2D eigenvalue weighted by atomic mass is 32.2. The Kier molecular flexibility index (Phi) is 4.50. The molecule has 0 bridgehead atoms. The Morgan fingerprint density at radius 1 is 1.17 bits per heavy atom. The zero-order valence-corrected chi connectivity index (χ0v) is 17.3. The van der Waals surface area contributed by atoms with E-state index in [9.17, 15) is 13.2 Å². The summed E-state index contributed by atoms with van der Waals surface area (Å²) in [5, 5.41) is 12.6. The smallest absolute Gasteiger partial charge is 0.262 e. The Morgan fingerprint density at radius 2 is 1.90 bits per heavy atom. The molecule has 1 aromatic carbocycles. The summed E-state index contributed by atoms with van der Waals surface area (Å²) in [7, 11) is -2.39. The average molecular weight is 416 g/mol. The summed E-state index contributed by atoms with van der Waals surface area (Å²) in [6.07, 6.45) is 0. The first-order chi connectivity index (χ1) is 13.8. The van der Waals surface area contributed by atoms with Crippen molar-refractivity contribution in [3.63, 3.8) is 0 Å². The summed E-state index contributed by atoms with van der Waals surface area (Å²) < 4.78 is 35.5. The van der Waals surface area contributed by atoms with Crippen molar-refractivity contribution >= 4 is 26.7 Å². The lowest BCUT2D eigenvalue weighted by Gasteiger charge is -2.16. The molecular weight excluding hydrogens is 396 g/mol. The van der Waals surface area contributed by atoms with Crippen molar-refractivity contribution in [2.24, 2.45) is 0 Å². The minimum atomic E-state index is -3.85. The predicted octanol–water partition coefficient (Wildman–Crippen LogP) is 1.49. The highest BCUT2D eigenvalue weighted by molar-refractivity contribution is 7.89. The van der Waals surface area contributed by atoms with E-state index >= 15 is 0 Å². The largest absolute Gasteiger partial charge is 0.360 e. The van der Waals surface area contributed by atoms with Crippen LogP contribution in [0, 0.1) is 13.8 Å². The van der Waals surface area contributed by atoms with Crippen LogP contribution < -0.4 is 5.56 Å². The van der Waals surface area contributed by atoms with Crippen molar-refractivity contribution in [1.82, 2.24) is 28.6 Å². The van der Waals surface area contributed by atoms with Crippen LogP contribution in [0.15, 0.2) is 38.5 Å². The van der Waals surface area contributed by atoms with E-state index < -0.39 is 10.0 Å². The van der Waals surface area contributed by atoms with Crippen molar-refractivity contribution in [1.29, 1.82) is 0 Å². The molecule has 0 saturated carbocycles. The number of benzene rings is 1. The van der Waals surface area contributed by atoms with Gasteiger partial charge in [0, 0.05) is 13.6 Å². The number of hydrogen-bond donors (Lipinski definition) is 0. The van der Waals surface area contributed by atoms with E-state index in [1.165, 1.54) is 15.9 Å². The van der Waals surface area contributed by atoms with Gasteiger partial charge in [-0.2, -0.15) is 4.31 Å². The lowest BCUT2D eigenvalue weighted by Crippen LogP contribution is -2.29. The van der Waals surface area contributed by atoms with Crippen LogP contribution in [-0.4, -0.2) is 44.1 Å². The predicted molar refractivity (Wildman–Crippen MR) is 105 cm³/mol. The van der Waals surface area contributed by atoms with Crippen LogP contribution in [0.5, 0.6) is 0 Å². The highest BCUT2D eigenvalue weighted by Crippen LogP contribution is 2.24. The van der Waals surface area contributed by atoms with E-state index in [4.69, 9.17) is 4.52 Å². The molecule has 0 radical (unpaired) electrons. The number of sulfonamides is 1. The quantitative estimate of drug-likeness (QED) is 0.484. The summed E-state index contributed by atoms with van der Waals surface area (Å²) in [6.45, 7) is 5.36. The lowest BCUT2D eigenvalue weighted by atomic mass is 10.2. The minimum Gasteiger partial charge on any atom is -0.360 e. The third kappa shape index (κ3) is 2.85. The number of aromatic nitrogens is 5. The standard InChI is InChI=1S/C18H20N6O4S/c1-5-23-17(25)13-8-6-7-9-14(13)24-15(19-20-18(23)24)10-22(4)29(26,27)16-11(2)21-28-12(16)3/h6-9H,5,10H2,1-4H3. The first kappa shape index (κ1) is 19.3. The molecule has 0 aliphatic carbocycles. The number of hydrogen-bond acceptors (Lipinski definition) is 7. The van der Waals surface area contributed by atoms with Gasteiger partial charge in [0.05, 0.1) is 17.4 Å². The van der Waals surface area contributed by atoms with E-state index in [1.807, 2.05) is 13.0 Å². The average Bonchev–Trinajstić information content (AvgIpc) is 3.25. The topological polar surface area (TPSA) is 116 Å². The zero-order chi connectivity index (χ0) is 20.9. The minimum absolute atomic E-state index is 0.0422. The van der Waals surface area contributed by atoms with Gasteiger partial charge in [-0.25, -0.2) is 8.42 Å². The maximum absolute atomic E-state index is 13.1. The van der Waals surface area contributed by atoms with Gasteiger partial charge in [0.15, 0.2) is 11.6 Å². The first-order valence-electron chi connectivity index (χ1n) is 9.02. The molecule has 0 saturated heterocycles. The Morgan fingerprint density at radius 3 is 2.55 bits per heavy atom. The second-order valence-corrected chi connectivity index (χ2v) is 8.71. The second kappa shape index (κ2) is 6.78. The van der Waals surface area contributed by atoms with Crippen molar-refractivity contribution in [3.8, 4) is 0 Å². The van der Waals surface area contributed by atoms with Gasteiger partial charge < -0.3 is 4.52 Å². The molecule has 0 aliphatic rings. The van der Waals surface area contributed by atoms with Crippen LogP contribution in [0.1, 0.15) is 24.2 Å². The van der Waals surface area contributed by atoms with Gasteiger partial charge in [0.25, 0.3) is 5.56 Å². The fourth-order valence-electron chi connectivity index (χ4n) is 3.48. The van der Waals surface area contributed by atoms with Crippen molar-refractivity contribution in [2.45, 2.75) is 38.8 Å². The summed E-state index contributed by atoms with van der Waals surface area (Å²) >= 11 is 0. The third-order valence-electron chi connectivity index (χ3n) is 4.89. The molecule has 0 spiro atoms. The first-order valence-corrected chi connectivity index (χ1v) is 10.5. The van der Waals surface area contributed by atoms with E-state index in [1.54, 1.807) is 36.4 Å². The maximum Gasteiger partial charge on any atom is 0.262 e. The molecule has 152 valence electrons. The van der Waals surface area contributed by atoms with Gasteiger partial charge in [-0.15, -0.1) is 10.2 Å². The van der Waals surface area contributed by atoms with Crippen molar-refractivity contribution in [3.05, 3.63) is 51.9 Å². The molecule has 0 unspecified atom stereocenters. The van der Waals surface area contributed by atoms with Crippen LogP contribution in [0.4, 0.5) is 0 Å². The third-order valence-corrected chi connectivity index (χ3v) is 6.94.